The molecule has 3 N–H and O–H groups in total. The summed E-state index contributed by atoms with van der Waals surface area (Å²) in [6, 6.07) is 16.3. The molecule has 1 aromatic heterocycles. The number of nitrogens with two attached hydrogens (primary N) is 1. The molecule has 0 saturated carbocycles. The summed E-state index contributed by atoms with van der Waals surface area (Å²) in [6.07, 6.45) is 1.74. The molecule has 0 bridgehead atoms. The number of hydrogen-bond acceptors (Lipinski definition) is 4. The Balaban J connectivity index is 1.30. The highest BCUT2D eigenvalue weighted by Gasteiger charge is 2.31. The Morgan fingerprint density at radius 3 is 2.27 bits per heavy atom. The van der Waals surface area contributed by atoms with Crippen LogP contribution in [0.25, 0.3) is 11.3 Å². The van der Waals surface area contributed by atoms with Gasteiger partial charge in [-0.1, -0.05) is 41.9 Å². The largest absolute Gasteiger partial charge is 0.365 e. The summed E-state index contributed by atoms with van der Waals surface area (Å²) in [7, 11) is 2.07. The van der Waals surface area contributed by atoms with Crippen LogP contribution in [0.4, 0.5) is 10.5 Å². The van der Waals surface area contributed by atoms with Gasteiger partial charge in [-0.3, -0.25) is 9.59 Å². The number of primary amides is 1. The topological polar surface area (TPSA) is 101 Å². The van der Waals surface area contributed by atoms with Crippen molar-refractivity contribution in [2.24, 2.45) is 11.7 Å². The number of anilines is 1. The first-order chi connectivity index (χ1) is 17.8. The summed E-state index contributed by atoms with van der Waals surface area (Å²) in [5.74, 6) is -0.413. The molecule has 1 saturated heterocycles. The number of piperidine rings is 1. The molecule has 37 heavy (non-hydrogen) atoms. The van der Waals surface area contributed by atoms with Crippen molar-refractivity contribution in [3.63, 3.8) is 0 Å². The number of halogens is 1. The van der Waals surface area contributed by atoms with Gasteiger partial charge in [-0.05, 0) is 62.8 Å². The van der Waals surface area contributed by atoms with E-state index in [1.54, 1.807) is 29.2 Å². The summed E-state index contributed by atoms with van der Waals surface area (Å²) in [6.45, 7) is 2.97. The lowest BCUT2D eigenvalue weighted by atomic mass is 9.89. The second-order valence-electron chi connectivity index (χ2n) is 9.74. The Labute approximate surface area is 221 Å². The highest BCUT2D eigenvalue weighted by atomic mass is 35.5. The number of likely N-dealkylation sites (tertiary alicyclic amines) is 1. The fourth-order valence-corrected chi connectivity index (χ4v) is 5.67. The van der Waals surface area contributed by atoms with Gasteiger partial charge in [0.2, 0.25) is 0 Å². The van der Waals surface area contributed by atoms with E-state index in [1.165, 1.54) is 0 Å². The SMILES string of the molecule is CN1CCC(C(=O)c2ccc(NC(=O)N3CCn4c(c(C(N)=O)c(Cl)c4-c4ccccc4)C3)cc2)CC1. The Bertz CT molecular complexity index is 1330. The quantitative estimate of drug-likeness (QED) is 0.485. The molecule has 3 heterocycles. The van der Waals surface area contributed by atoms with E-state index in [9.17, 15) is 14.4 Å². The lowest BCUT2D eigenvalue weighted by molar-refractivity contribution is 0.0856. The third-order valence-electron chi connectivity index (χ3n) is 7.34. The molecule has 3 aromatic rings. The van der Waals surface area contributed by atoms with Crippen molar-refractivity contribution in [3.05, 3.63) is 76.4 Å². The van der Waals surface area contributed by atoms with Gasteiger partial charge < -0.3 is 25.4 Å². The second-order valence-corrected chi connectivity index (χ2v) is 10.1. The maximum absolute atomic E-state index is 13.1. The normalized spacial score (nSPS) is 16.3. The minimum Gasteiger partial charge on any atom is -0.365 e. The molecule has 0 radical (unpaired) electrons. The molecule has 3 amide bonds. The first kappa shape index (κ1) is 25.0. The van der Waals surface area contributed by atoms with Crippen molar-refractivity contribution in [2.75, 3.05) is 32.0 Å². The number of Topliss-reactive ketones (excluding diaryl/α,β-unsaturated/α-hetero) is 1. The minimum atomic E-state index is -0.622. The van der Waals surface area contributed by atoms with Crippen LogP contribution >= 0.6 is 11.6 Å². The van der Waals surface area contributed by atoms with Gasteiger partial charge in [0.05, 0.1) is 28.5 Å². The van der Waals surface area contributed by atoms with Crippen LogP contribution in [0, 0.1) is 5.92 Å². The van der Waals surface area contributed by atoms with E-state index < -0.39 is 5.91 Å². The smallest absolute Gasteiger partial charge is 0.322 e. The van der Waals surface area contributed by atoms with Crippen molar-refractivity contribution >= 4 is 35.0 Å². The molecule has 2 aromatic carbocycles. The van der Waals surface area contributed by atoms with Crippen LogP contribution in [0.3, 0.4) is 0 Å². The van der Waals surface area contributed by atoms with Crippen molar-refractivity contribution in [1.29, 1.82) is 0 Å². The Morgan fingerprint density at radius 1 is 0.946 bits per heavy atom. The highest BCUT2D eigenvalue weighted by Crippen LogP contribution is 2.38. The number of ketones is 1. The molecule has 0 atom stereocenters. The van der Waals surface area contributed by atoms with Crippen LogP contribution in [-0.4, -0.2) is 58.8 Å². The first-order valence-corrected chi connectivity index (χ1v) is 12.9. The van der Waals surface area contributed by atoms with Gasteiger partial charge in [0.25, 0.3) is 5.91 Å². The molecule has 9 heteroatoms. The Kier molecular flexibility index (Phi) is 7.04. The van der Waals surface area contributed by atoms with Gasteiger partial charge in [-0.15, -0.1) is 0 Å². The molecule has 0 unspecified atom stereocenters. The summed E-state index contributed by atoms with van der Waals surface area (Å²) in [5.41, 5.74) is 9.44. The lowest BCUT2D eigenvalue weighted by Gasteiger charge is -2.30. The number of hydrogen-bond donors (Lipinski definition) is 2. The second kappa shape index (κ2) is 10.4. The molecule has 2 aliphatic heterocycles. The molecule has 0 spiro atoms. The number of carbonyl (C=O) groups is 3. The van der Waals surface area contributed by atoms with Gasteiger partial charge >= 0.3 is 6.03 Å². The zero-order valence-corrected chi connectivity index (χ0v) is 21.5. The van der Waals surface area contributed by atoms with Gasteiger partial charge in [0, 0.05) is 30.3 Å². The molecule has 0 aliphatic carbocycles. The minimum absolute atomic E-state index is 0.0493. The fourth-order valence-electron chi connectivity index (χ4n) is 5.25. The predicted molar refractivity (Wildman–Crippen MR) is 144 cm³/mol. The van der Waals surface area contributed by atoms with Crippen LogP contribution in [-0.2, 0) is 13.1 Å². The monoisotopic (exact) mass is 519 g/mol. The number of aromatic nitrogens is 1. The number of nitrogens with one attached hydrogen (secondary N) is 1. The third kappa shape index (κ3) is 4.99. The number of nitrogens with zero attached hydrogens (tertiary/aromatic N) is 3. The maximum Gasteiger partial charge on any atom is 0.322 e. The number of carbonyl (C=O) groups excluding carboxylic acids is 3. The summed E-state index contributed by atoms with van der Waals surface area (Å²) in [4.78, 5) is 42.1. The van der Waals surface area contributed by atoms with Crippen molar-refractivity contribution in [1.82, 2.24) is 14.4 Å². The van der Waals surface area contributed by atoms with Gasteiger partial charge in [-0.25, -0.2) is 4.79 Å². The van der Waals surface area contributed by atoms with Crippen molar-refractivity contribution in [3.8, 4) is 11.3 Å². The van der Waals surface area contributed by atoms with Crippen molar-refractivity contribution < 1.29 is 14.4 Å². The van der Waals surface area contributed by atoms with E-state index in [0.29, 0.717) is 35.1 Å². The molecule has 1 fully saturated rings. The van der Waals surface area contributed by atoms with E-state index in [-0.39, 0.29) is 29.8 Å². The van der Waals surface area contributed by atoms with Crippen LogP contribution in [0.5, 0.6) is 0 Å². The molecular formula is C28H30ClN5O3. The van der Waals surface area contributed by atoms with Gasteiger partial charge in [-0.2, -0.15) is 0 Å². The van der Waals surface area contributed by atoms with E-state index in [2.05, 4.69) is 17.3 Å². The number of urea groups is 1. The summed E-state index contributed by atoms with van der Waals surface area (Å²) < 4.78 is 1.98. The standard InChI is InChI=1S/C28H30ClN5O3/c1-32-13-11-20(12-14-32)26(35)19-7-9-21(10-8-19)31-28(37)33-15-16-34-22(17-33)23(27(30)36)24(29)25(34)18-5-3-2-4-6-18/h2-10,20H,11-17H2,1H3,(H2,30,36)(H,31,37). The van der Waals surface area contributed by atoms with Crippen molar-refractivity contribution in [2.45, 2.75) is 25.9 Å². The van der Waals surface area contributed by atoms with Gasteiger partial charge in [0.1, 0.15) is 0 Å². The Morgan fingerprint density at radius 2 is 1.62 bits per heavy atom. The fraction of sp³-hybridized carbons (Fsp3) is 0.321. The summed E-state index contributed by atoms with van der Waals surface area (Å²) in [5, 5.41) is 3.21. The zero-order chi connectivity index (χ0) is 26.1. The van der Waals surface area contributed by atoms with Crippen LogP contribution in [0.15, 0.2) is 54.6 Å². The van der Waals surface area contributed by atoms with E-state index >= 15 is 0 Å². The molecule has 8 nitrogen and oxygen atoms in total. The summed E-state index contributed by atoms with van der Waals surface area (Å²) >= 11 is 6.64. The Hall–Kier alpha value is -3.62. The van der Waals surface area contributed by atoms with E-state index in [1.807, 2.05) is 34.9 Å². The van der Waals surface area contributed by atoms with E-state index in [4.69, 9.17) is 17.3 Å². The number of fused-ring (bicyclic) bond motifs is 1. The molecule has 192 valence electrons. The highest BCUT2D eigenvalue weighted by molar-refractivity contribution is 6.36. The third-order valence-corrected chi connectivity index (χ3v) is 7.70. The van der Waals surface area contributed by atoms with Crippen LogP contribution in [0.1, 0.15) is 39.3 Å². The average Bonchev–Trinajstić information content (AvgIpc) is 3.20. The lowest BCUT2D eigenvalue weighted by Crippen LogP contribution is -2.41. The van der Waals surface area contributed by atoms with Gasteiger partial charge in [0.15, 0.2) is 5.78 Å². The first-order valence-electron chi connectivity index (χ1n) is 12.5. The van der Waals surface area contributed by atoms with E-state index in [0.717, 1.165) is 37.2 Å². The molecule has 2 aliphatic rings. The molecule has 5 rings (SSSR count). The van der Waals surface area contributed by atoms with Crippen LogP contribution in [0.2, 0.25) is 5.02 Å². The average molecular weight is 520 g/mol. The van der Waals surface area contributed by atoms with Crippen LogP contribution < -0.4 is 11.1 Å². The number of amides is 3. The number of rotatable bonds is 5. The number of benzene rings is 2. The predicted octanol–water partition coefficient (Wildman–Crippen LogP) is 4.48. The zero-order valence-electron chi connectivity index (χ0n) is 20.7. The molecular weight excluding hydrogens is 490 g/mol. The maximum atomic E-state index is 13.1.